The summed E-state index contributed by atoms with van der Waals surface area (Å²) in [7, 11) is 1.83. The molecule has 6 heteroatoms. The van der Waals surface area contributed by atoms with Crippen LogP contribution in [0, 0.1) is 5.82 Å². The molecule has 5 aromatic rings. The van der Waals surface area contributed by atoms with Crippen LogP contribution in [0.1, 0.15) is 11.1 Å². The van der Waals surface area contributed by atoms with Crippen LogP contribution in [-0.2, 0) is 5.60 Å². The molecule has 1 heterocycles. The van der Waals surface area contributed by atoms with Gasteiger partial charge in [-0.3, -0.25) is 0 Å². The van der Waals surface area contributed by atoms with Crippen LogP contribution in [0.4, 0.5) is 14.5 Å². The number of nitrogens with zero attached hydrogens (tertiary/aromatic N) is 2. The number of alkyl halides is 1. The average molecular weight is 429 g/mol. The van der Waals surface area contributed by atoms with E-state index in [4.69, 9.17) is 0 Å². The molecule has 2 N–H and O–H groups in total. The summed E-state index contributed by atoms with van der Waals surface area (Å²) >= 11 is 0. The standard InChI is InChI=1S/C26H21F2N3O/c1-29-24-12-11-23(21-4-2-3-5-22(21)24)26(32,16-27)18-6-13-25-17(14-18)15-30-31(25)20-9-7-19(28)8-10-20/h2-15,29,32H,16H2,1H3. The molecule has 0 radical (unpaired) electrons. The van der Waals surface area contributed by atoms with E-state index in [1.807, 2.05) is 37.4 Å². The van der Waals surface area contributed by atoms with Gasteiger partial charge in [0.2, 0.25) is 0 Å². The first-order valence-electron chi connectivity index (χ1n) is 10.3. The van der Waals surface area contributed by atoms with Gasteiger partial charge in [-0.05, 0) is 59.0 Å². The molecular weight excluding hydrogens is 408 g/mol. The Labute approximate surface area is 183 Å². The Kier molecular flexibility index (Phi) is 4.87. The Bertz CT molecular complexity index is 1430. The fourth-order valence-corrected chi connectivity index (χ4v) is 4.26. The number of halogens is 2. The monoisotopic (exact) mass is 429 g/mol. The van der Waals surface area contributed by atoms with Gasteiger partial charge in [-0.2, -0.15) is 5.10 Å². The molecular formula is C26H21F2N3O. The van der Waals surface area contributed by atoms with E-state index < -0.39 is 12.3 Å². The number of aliphatic hydroxyl groups is 1. The maximum absolute atomic E-state index is 14.5. The molecule has 5 rings (SSSR count). The molecule has 1 unspecified atom stereocenters. The largest absolute Gasteiger partial charge is 0.388 e. The first-order valence-corrected chi connectivity index (χ1v) is 10.3. The highest BCUT2D eigenvalue weighted by Gasteiger charge is 2.34. The minimum atomic E-state index is -1.82. The topological polar surface area (TPSA) is 50.1 Å². The zero-order chi connectivity index (χ0) is 22.3. The van der Waals surface area contributed by atoms with Crippen molar-refractivity contribution >= 4 is 27.4 Å². The van der Waals surface area contributed by atoms with Gasteiger partial charge in [-0.25, -0.2) is 13.5 Å². The molecule has 0 aliphatic carbocycles. The zero-order valence-electron chi connectivity index (χ0n) is 17.4. The van der Waals surface area contributed by atoms with E-state index in [9.17, 15) is 13.9 Å². The van der Waals surface area contributed by atoms with Gasteiger partial charge in [0.25, 0.3) is 0 Å². The van der Waals surface area contributed by atoms with Crippen molar-refractivity contribution in [3.63, 3.8) is 0 Å². The predicted molar refractivity (Wildman–Crippen MR) is 123 cm³/mol. The maximum atomic E-state index is 14.5. The fourth-order valence-electron chi connectivity index (χ4n) is 4.26. The van der Waals surface area contributed by atoms with Crippen molar-refractivity contribution in [2.45, 2.75) is 5.60 Å². The molecule has 0 spiro atoms. The minimum Gasteiger partial charge on any atom is -0.388 e. The number of anilines is 1. The summed E-state index contributed by atoms with van der Waals surface area (Å²) in [6.45, 7) is -0.979. The number of benzene rings is 4. The van der Waals surface area contributed by atoms with Crippen LogP contribution >= 0.6 is 0 Å². The van der Waals surface area contributed by atoms with Crippen molar-refractivity contribution in [1.29, 1.82) is 0 Å². The second kappa shape index (κ2) is 7.73. The molecule has 0 amide bonds. The maximum Gasteiger partial charge on any atom is 0.143 e. The Morgan fingerprint density at radius 3 is 2.44 bits per heavy atom. The van der Waals surface area contributed by atoms with Crippen LogP contribution in [0.3, 0.4) is 0 Å². The van der Waals surface area contributed by atoms with E-state index in [1.54, 1.807) is 47.3 Å². The highest BCUT2D eigenvalue weighted by Crippen LogP contribution is 2.38. The van der Waals surface area contributed by atoms with Crippen molar-refractivity contribution < 1.29 is 13.9 Å². The summed E-state index contributed by atoms with van der Waals surface area (Å²) in [5.74, 6) is -0.322. The zero-order valence-corrected chi connectivity index (χ0v) is 17.4. The first kappa shape index (κ1) is 20.2. The third kappa shape index (κ3) is 3.11. The summed E-state index contributed by atoms with van der Waals surface area (Å²) in [5, 5.41) is 21.5. The first-order chi connectivity index (χ1) is 15.5. The Hall–Kier alpha value is -3.77. The normalized spacial score (nSPS) is 13.4. The fraction of sp³-hybridized carbons (Fsp3) is 0.115. The van der Waals surface area contributed by atoms with Gasteiger partial charge in [0, 0.05) is 23.5 Å². The lowest BCUT2D eigenvalue weighted by molar-refractivity contribution is 0.0534. The number of fused-ring (bicyclic) bond motifs is 2. The van der Waals surface area contributed by atoms with Crippen LogP contribution in [-0.4, -0.2) is 28.6 Å². The van der Waals surface area contributed by atoms with Gasteiger partial charge in [-0.1, -0.05) is 36.4 Å². The van der Waals surface area contributed by atoms with E-state index in [0.717, 1.165) is 27.4 Å². The molecule has 0 saturated carbocycles. The molecule has 4 nitrogen and oxygen atoms in total. The van der Waals surface area contributed by atoms with Crippen molar-refractivity contribution in [1.82, 2.24) is 9.78 Å². The summed E-state index contributed by atoms with van der Waals surface area (Å²) < 4.78 is 29.5. The van der Waals surface area contributed by atoms with E-state index >= 15 is 0 Å². The van der Waals surface area contributed by atoms with Crippen LogP contribution in [0.15, 0.2) is 85.1 Å². The van der Waals surface area contributed by atoms with Crippen molar-refractivity contribution in [2.75, 3.05) is 19.0 Å². The number of rotatable bonds is 5. The summed E-state index contributed by atoms with van der Waals surface area (Å²) in [6, 6.07) is 22.5. The molecule has 32 heavy (non-hydrogen) atoms. The van der Waals surface area contributed by atoms with Crippen LogP contribution in [0.25, 0.3) is 27.4 Å². The van der Waals surface area contributed by atoms with Gasteiger partial charge < -0.3 is 10.4 Å². The minimum absolute atomic E-state index is 0.322. The number of aromatic nitrogens is 2. The van der Waals surface area contributed by atoms with E-state index in [2.05, 4.69) is 10.4 Å². The summed E-state index contributed by atoms with van der Waals surface area (Å²) in [4.78, 5) is 0. The van der Waals surface area contributed by atoms with Crippen molar-refractivity contribution in [3.05, 3.63) is 102 Å². The summed E-state index contributed by atoms with van der Waals surface area (Å²) in [5.41, 5.74) is 1.51. The third-order valence-electron chi connectivity index (χ3n) is 5.95. The quantitative estimate of drug-likeness (QED) is 0.384. The highest BCUT2D eigenvalue weighted by molar-refractivity contribution is 5.97. The van der Waals surface area contributed by atoms with E-state index in [-0.39, 0.29) is 5.82 Å². The lowest BCUT2D eigenvalue weighted by Gasteiger charge is -2.28. The van der Waals surface area contributed by atoms with Crippen molar-refractivity contribution in [3.8, 4) is 5.69 Å². The Balaban J connectivity index is 1.65. The van der Waals surface area contributed by atoms with Gasteiger partial charge >= 0.3 is 0 Å². The molecule has 160 valence electrons. The van der Waals surface area contributed by atoms with E-state index in [1.165, 1.54) is 12.1 Å². The summed E-state index contributed by atoms with van der Waals surface area (Å²) in [6.07, 6.45) is 1.66. The molecule has 0 aliphatic rings. The van der Waals surface area contributed by atoms with Gasteiger partial charge in [-0.15, -0.1) is 0 Å². The number of hydrogen-bond acceptors (Lipinski definition) is 3. The molecule has 4 aromatic carbocycles. The van der Waals surface area contributed by atoms with Gasteiger partial charge in [0.1, 0.15) is 18.1 Å². The molecule has 1 aromatic heterocycles. The third-order valence-corrected chi connectivity index (χ3v) is 5.95. The lowest BCUT2D eigenvalue weighted by Crippen LogP contribution is -2.30. The molecule has 0 saturated heterocycles. The lowest BCUT2D eigenvalue weighted by atomic mass is 9.83. The van der Waals surface area contributed by atoms with Gasteiger partial charge in [0.05, 0.1) is 17.4 Å². The molecule has 0 aliphatic heterocycles. The highest BCUT2D eigenvalue weighted by atomic mass is 19.1. The SMILES string of the molecule is CNc1ccc(C(O)(CF)c2ccc3c(cnn3-c3ccc(F)cc3)c2)c2ccccc12. The molecule has 1 atom stereocenters. The second-order valence-electron chi connectivity index (χ2n) is 7.76. The van der Waals surface area contributed by atoms with Gasteiger partial charge in [0.15, 0.2) is 0 Å². The predicted octanol–water partition coefficient (Wildman–Crippen LogP) is 5.56. The Morgan fingerprint density at radius 1 is 0.969 bits per heavy atom. The molecule has 0 bridgehead atoms. The second-order valence-corrected chi connectivity index (χ2v) is 7.76. The van der Waals surface area contributed by atoms with Crippen LogP contribution < -0.4 is 5.32 Å². The van der Waals surface area contributed by atoms with Crippen LogP contribution in [0.5, 0.6) is 0 Å². The number of hydrogen-bond donors (Lipinski definition) is 2. The Morgan fingerprint density at radius 2 is 1.72 bits per heavy atom. The average Bonchev–Trinajstić information content (AvgIpc) is 3.26. The number of nitrogens with one attached hydrogen (secondary N) is 1. The van der Waals surface area contributed by atoms with E-state index in [0.29, 0.717) is 16.8 Å². The smallest absolute Gasteiger partial charge is 0.143 e. The van der Waals surface area contributed by atoms with Crippen LogP contribution in [0.2, 0.25) is 0 Å². The molecule has 0 fully saturated rings. The van der Waals surface area contributed by atoms with Crippen molar-refractivity contribution in [2.24, 2.45) is 0 Å².